The molecule has 2 fully saturated rings. The molecule has 2 aliphatic rings. The van der Waals surface area contributed by atoms with Crippen molar-refractivity contribution in [2.45, 2.75) is 52.0 Å². The Balaban J connectivity index is 1.09. The van der Waals surface area contributed by atoms with E-state index in [0.29, 0.717) is 44.2 Å². The molecule has 55 heavy (non-hydrogen) atoms. The Bertz CT molecular complexity index is 2310. The molecular formula is C42H45N7O6. The lowest BCUT2D eigenvalue weighted by molar-refractivity contribution is -0.158. The number of ether oxygens (including phenoxy) is 3. The van der Waals surface area contributed by atoms with Crippen molar-refractivity contribution in [2.24, 2.45) is 5.41 Å². The number of imidazole rings is 2. The smallest absolute Gasteiger partial charge is 0.407 e. The zero-order chi connectivity index (χ0) is 38.9. The van der Waals surface area contributed by atoms with E-state index >= 15 is 0 Å². The lowest BCUT2D eigenvalue weighted by atomic mass is 9.88. The van der Waals surface area contributed by atoms with Crippen molar-refractivity contribution in [3.05, 3.63) is 84.6 Å². The number of aromatic amines is 2. The van der Waals surface area contributed by atoms with Crippen LogP contribution in [0.5, 0.6) is 0 Å². The molecule has 2 saturated heterocycles. The van der Waals surface area contributed by atoms with Crippen molar-refractivity contribution >= 4 is 39.7 Å². The van der Waals surface area contributed by atoms with Gasteiger partial charge in [-0.1, -0.05) is 69.8 Å². The second-order valence-corrected chi connectivity index (χ2v) is 14.6. The van der Waals surface area contributed by atoms with Gasteiger partial charge in [-0.05, 0) is 58.5 Å². The Morgan fingerprint density at radius 2 is 1.82 bits per heavy atom. The highest BCUT2D eigenvalue weighted by atomic mass is 16.7. The van der Waals surface area contributed by atoms with E-state index in [-0.39, 0.29) is 31.4 Å². The molecule has 7 rings (SSSR count). The van der Waals surface area contributed by atoms with Crippen molar-refractivity contribution < 1.29 is 28.6 Å². The number of H-pyrrole nitrogens is 2. The summed E-state index contributed by atoms with van der Waals surface area (Å²) < 4.78 is 16.2. The number of carbonyl (C=O) groups is 3. The molecule has 0 saturated carbocycles. The van der Waals surface area contributed by atoms with Crippen LogP contribution in [0, 0.1) is 17.8 Å². The number of terminal acetylenes is 1. The molecule has 3 N–H and O–H groups in total. The van der Waals surface area contributed by atoms with Gasteiger partial charge in [0.2, 0.25) is 11.8 Å². The predicted molar refractivity (Wildman–Crippen MR) is 208 cm³/mol. The average molecular weight is 744 g/mol. The molecule has 5 aromatic rings. The standard InChI is InChI=1S/C42H45N7O6/c1-7-41(4,5)39(51)48(25-42(8-2)54-19-20-55-42)24-34-45-32-16-14-30-21-29(13-15-31(30)36(32)47-34)27-9-11-28(12-10-27)33-22-43-38(46-33)37-26(3)17-18-49(37)35(50)23-44-40(52)53-6/h2,9-16,21-22,37H,3,7,17-20,23-25H2,1,4-6H3,(H,43,46)(H,44,52)(H,45,47)/t37-/m0/s1. The Kier molecular flexibility index (Phi) is 10.2. The average Bonchev–Trinajstić information content (AvgIpc) is 4.03. The molecule has 0 unspecified atom stereocenters. The number of aromatic nitrogens is 4. The maximum Gasteiger partial charge on any atom is 0.407 e. The number of likely N-dealkylation sites (tertiary alicyclic amines) is 1. The van der Waals surface area contributed by atoms with E-state index in [1.807, 2.05) is 39.0 Å². The number of benzene rings is 3. The Labute approximate surface area is 319 Å². The molecule has 2 aliphatic heterocycles. The van der Waals surface area contributed by atoms with Crippen LogP contribution in [-0.4, -0.2) is 93.4 Å². The van der Waals surface area contributed by atoms with Crippen LogP contribution < -0.4 is 5.32 Å². The molecule has 4 heterocycles. The van der Waals surface area contributed by atoms with Crippen molar-refractivity contribution in [1.29, 1.82) is 0 Å². The molecule has 1 atom stereocenters. The van der Waals surface area contributed by atoms with Crippen LogP contribution in [0.25, 0.3) is 44.2 Å². The van der Waals surface area contributed by atoms with Crippen LogP contribution >= 0.6 is 0 Å². The van der Waals surface area contributed by atoms with Gasteiger partial charge in [-0.15, -0.1) is 6.42 Å². The zero-order valence-electron chi connectivity index (χ0n) is 31.5. The van der Waals surface area contributed by atoms with Gasteiger partial charge in [-0.2, -0.15) is 0 Å². The molecule has 13 heteroatoms. The summed E-state index contributed by atoms with van der Waals surface area (Å²) in [7, 11) is 1.25. The van der Waals surface area contributed by atoms with Gasteiger partial charge in [0.05, 0.1) is 56.3 Å². The van der Waals surface area contributed by atoms with Crippen LogP contribution in [0.4, 0.5) is 4.79 Å². The highest BCUT2D eigenvalue weighted by Gasteiger charge is 2.41. The number of rotatable bonds is 11. The third-order valence-electron chi connectivity index (χ3n) is 10.6. The minimum atomic E-state index is -1.28. The van der Waals surface area contributed by atoms with Crippen LogP contribution in [0.3, 0.4) is 0 Å². The van der Waals surface area contributed by atoms with Gasteiger partial charge in [-0.3, -0.25) is 9.59 Å². The van der Waals surface area contributed by atoms with Crippen molar-refractivity contribution in [1.82, 2.24) is 35.1 Å². The van der Waals surface area contributed by atoms with Gasteiger partial charge in [0, 0.05) is 17.3 Å². The topological polar surface area (TPSA) is 155 Å². The van der Waals surface area contributed by atoms with E-state index in [1.165, 1.54) is 7.11 Å². The number of methoxy groups -OCH3 is 1. The van der Waals surface area contributed by atoms with Gasteiger partial charge in [0.1, 0.15) is 24.2 Å². The number of hydrogen-bond acceptors (Lipinski definition) is 8. The predicted octanol–water partition coefficient (Wildman–Crippen LogP) is 6.10. The fourth-order valence-corrected chi connectivity index (χ4v) is 7.14. The molecule has 0 spiro atoms. The SMILES string of the molecule is C#CC1(CN(Cc2nc3c(ccc4cc(-c5ccc(-c6cnc([C@@H]7C(=C)CCN7C(=O)CNC(=O)OC)[nH]6)cc5)ccc43)[nH]2)C(=O)C(C)(C)CC)OCCO1. The van der Waals surface area contributed by atoms with Gasteiger partial charge < -0.3 is 39.3 Å². The first-order chi connectivity index (χ1) is 26.4. The minimum Gasteiger partial charge on any atom is -0.453 e. The van der Waals surface area contributed by atoms with E-state index in [4.69, 9.17) is 20.9 Å². The fraction of sp³-hybridized carbons (Fsp3) is 0.357. The van der Waals surface area contributed by atoms with Gasteiger partial charge in [-0.25, -0.2) is 14.8 Å². The number of carbonyl (C=O) groups excluding carboxylic acids is 3. The normalized spacial score (nSPS) is 16.7. The summed E-state index contributed by atoms with van der Waals surface area (Å²) in [5.41, 5.74) is 5.79. The largest absolute Gasteiger partial charge is 0.453 e. The quantitative estimate of drug-likeness (QED) is 0.108. The zero-order valence-corrected chi connectivity index (χ0v) is 31.5. The summed E-state index contributed by atoms with van der Waals surface area (Å²) in [5.74, 6) is 2.30. The first kappa shape index (κ1) is 37.3. The monoisotopic (exact) mass is 743 g/mol. The fourth-order valence-electron chi connectivity index (χ4n) is 7.14. The molecule has 3 aromatic carbocycles. The maximum absolute atomic E-state index is 13.8. The van der Waals surface area contributed by atoms with Gasteiger partial charge >= 0.3 is 6.09 Å². The van der Waals surface area contributed by atoms with Gasteiger partial charge in [0.25, 0.3) is 5.79 Å². The van der Waals surface area contributed by atoms with Crippen LogP contribution in [0.1, 0.15) is 51.3 Å². The number of nitrogens with zero attached hydrogens (tertiary/aromatic N) is 4. The summed E-state index contributed by atoms with van der Waals surface area (Å²) in [4.78, 5) is 57.9. The van der Waals surface area contributed by atoms with E-state index in [2.05, 4.69) is 73.9 Å². The summed E-state index contributed by atoms with van der Waals surface area (Å²) in [6.45, 7) is 11.4. The van der Waals surface area contributed by atoms with Crippen LogP contribution in [0.15, 0.2) is 72.9 Å². The van der Waals surface area contributed by atoms with Crippen molar-refractivity contribution in [3.63, 3.8) is 0 Å². The molecule has 3 amide bonds. The highest BCUT2D eigenvalue weighted by Crippen LogP contribution is 2.36. The minimum absolute atomic E-state index is 0.0534. The lowest BCUT2D eigenvalue weighted by Gasteiger charge is -2.34. The maximum atomic E-state index is 13.8. The first-order valence-electron chi connectivity index (χ1n) is 18.4. The van der Waals surface area contributed by atoms with E-state index in [9.17, 15) is 14.4 Å². The van der Waals surface area contributed by atoms with E-state index < -0.39 is 23.3 Å². The summed E-state index contributed by atoms with van der Waals surface area (Å²) >= 11 is 0. The second kappa shape index (κ2) is 15.0. The number of alkyl carbamates (subject to hydrolysis) is 1. The van der Waals surface area contributed by atoms with Gasteiger partial charge in [0.15, 0.2) is 0 Å². The molecule has 0 bridgehead atoms. The lowest BCUT2D eigenvalue weighted by Crippen LogP contribution is -2.49. The Hall–Kier alpha value is -5.97. The molecule has 13 nitrogen and oxygen atoms in total. The highest BCUT2D eigenvalue weighted by molar-refractivity contribution is 6.05. The number of nitrogens with one attached hydrogen (secondary N) is 3. The third kappa shape index (κ3) is 7.43. The van der Waals surface area contributed by atoms with E-state index in [1.54, 1.807) is 16.0 Å². The number of amides is 3. The summed E-state index contributed by atoms with van der Waals surface area (Å²) in [5, 5.41) is 4.47. The van der Waals surface area contributed by atoms with Crippen molar-refractivity contribution in [3.8, 4) is 34.7 Å². The molecule has 0 aliphatic carbocycles. The van der Waals surface area contributed by atoms with E-state index in [0.717, 1.165) is 49.8 Å². The summed E-state index contributed by atoms with van der Waals surface area (Å²) in [6, 6.07) is 18.2. The summed E-state index contributed by atoms with van der Waals surface area (Å²) in [6.07, 6.45) is 8.23. The second-order valence-electron chi connectivity index (χ2n) is 14.6. The molecular weight excluding hydrogens is 699 g/mol. The van der Waals surface area contributed by atoms with Crippen LogP contribution in [-0.2, 0) is 30.3 Å². The molecule has 0 radical (unpaired) electrons. The van der Waals surface area contributed by atoms with Crippen LogP contribution in [0.2, 0.25) is 0 Å². The first-order valence-corrected chi connectivity index (χ1v) is 18.4. The Morgan fingerprint density at radius 3 is 2.53 bits per heavy atom. The van der Waals surface area contributed by atoms with Crippen molar-refractivity contribution in [2.75, 3.05) is 40.0 Å². The number of hydrogen-bond donors (Lipinski definition) is 3. The Morgan fingerprint density at radius 1 is 1.09 bits per heavy atom. The third-order valence-corrected chi connectivity index (χ3v) is 10.6. The molecule has 284 valence electrons. The molecule has 2 aromatic heterocycles. The number of fused-ring (bicyclic) bond motifs is 3.